The summed E-state index contributed by atoms with van der Waals surface area (Å²) < 4.78 is 1.47. The molecule has 1 heterocycles. The molecule has 0 amide bonds. The Bertz CT molecular complexity index is 724. The number of thioether (sulfide) groups is 1. The number of para-hydroxylation sites is 1. The number of rotatable bonds is 8. The average Bonchev–Trinajstić information content (AvgIpc) is 2.88. The van der Waals surface area contributed by atoms with Gasteiger partial charge in [-0.25, -0.2) is 4.98 Å². The first-order chi connectivity index (χ1) is 10.9. The van der Waals surface area contributed by atoms with Crippen LogP contribution in [0.25, 0.3) is 10.2 Å². The van der Waals surface area contributed by atoms with E-state index >= 15 is 0 Å². The normalized spacial score (nSPS) is 13.6. The van der Waals surface area contributed by atoms with Gasteiger partial charge in [-0.3, -0.25) is 0 Å². The molecule has 122 valence electrons. The molecule has 0 aliphatic heterocycles. The van der Waals surface area contributed by atoms with E-state index < -0.39 is 36.2 Å². The standard InChI is InChI=1S/C14H13NO6S2/c16-11(17)5-7(12(18)19)8(13(20)21)6-22-14-15-9-3-1-2-4-10(9)23-14/h1-4,7-8H,5-6H2,(H,16,17)(H,18,19)(H,20,21). The molecular weight excluding hydrogens is 342 g/mol. The summed E-state index contributed by atoms with van der Waals surface area (Å²) in [6.07, 6.45) is -0.943. The van der Waals surface area contributed by atoms with Gasteiger partial charge in [0.1, 0.15) is 0 Å². The van der Waals surface area contributed by atoms with Crippen molar-refractivity contribution in [3.8, 4) is 0 Å². The fraction of sp³-hybridized carbons (Fsp3) is 0.286. The van der Waals surface area contributed by atoms with Gasteiger partial charge in [-0.15, -0.1) is 11.3 Å². The van der Waals surface area contributed by atoms with Crippen LogP contribution in [0.4, 0.5) is 0 Å². The van der Waals surface area contributed by atoms with E-state index in [4.69, 9.17) is 0 Å². The zero-order chi connectivity index (χ0) is 17.0. The first-order valence-electron chi connectivity index (χ1n) is 6.48. The summed E-state index contributed by atoms with van der Waals surface area (Å²) in [5.41, 5.74) is 0.746. The maximum atomic E-state index is 11.2. The minimum absolute atomic E-state index is 0. The van der Waals surface area contributed by atoms with Crippen LogP contribution in [0.1, 0.15) is 10.7 Å². The van der Waals surface area contributed by atoms with Crippen LogP contribution in [0.3, 0.4) is 0 Å². The van der Waals surface area contributed by atoms with E-state index in [1.807, 2.05) is 18.2 Å². The van der Waals surface area contributed by atoms with E-state index in [0.717, 1.165) is 22.0 Å². The van der Waals surface area contributed by atoms with Gasteiger partial charge in [-0.2, -0.15) is 0 Å². The average molecular weight is 355 g/mol. The fourth-order valence-electron chi connectivity index (χ4n) is 1.99. The van der Waals surface area contributed by atoms with Crippen LogP contribution in [0.2, 0.25) is 0 Å². The van der Waals surface area contributed by atoms with E-state index in [2.05, 4.69) is 4.98 Å². The van der Waals surface area contributed by atoms with Crippen molar-refractivity contribution in [2.24, 2.45) is 11.8 Å². The van der Waals surface area contributed by atoms with Crippen molar-refractivity contribution in [1.82, 2.24) is 4.98 Å². The molecule has 0 saturated heterocycles. The number of aliphatic carboxylic acids is 3. The number of carboxylic acid groups (broad SMARTS) is 3. The number of carbonyl (C=O) groups is 3. The highest BCUT2D eigenvalue weighted by Crippen LogP contribution is 2.32. The molecule has 7 nitrogen and oxygen atoms in total. The first kappa shape index (κ1) is 17.2. The topological polar surface area (TPSA) is 133 Å². The summed E-state index contributed by atoms with van der Waals surface area (Å²) in [4.78, 5) is 37.1. The molecule has 2 aromatic rings. The van der Waals surface area contributed by atoms with E-state index in [1.54, 1.807) is 6.07 Å². The quantitative estimate of drug-likeness (QED) is 0.528. The molecule has 2 atom stereocenters. The van der Waals surface area contributed by atoms with Crippen molar-refractivity contribution in [3.63, 3.8) is 0 Å². The van der Waals surface area contributed by atoms with Gasteiger partial charge in [-0.05, 0) is 18.6 Å². The van der Waals surface area contributed by atoms with Crippen LogP contribution in [0.5, 0.6) is 0 Å². The predicted molar refractivity (Wildman–Crippen MR) is 80.3 cm³/mol. The molecule has 0 spiro atoms. The van der Waals surface area contributed by atoms with Gasteiger partial charge in [0.25, 0.3) is 0 Å². The van der Waals surface area contributed by atoms with E-state index in [0.29, 0.717) is 4.34 Å². The number of thiazole rings is 1. The van der Waals surface area contributed by atoms with Gasteiger partial charge in [0, 0.05) is 35.5 Å². The molecule has 9 heteroatoms. The Morgan fingerprint density at radius 2 is 1.78 bits per heavy atom. The number of aromatic nitrogens is 1. The van der Waals surface area contributed by atoms with Crippen LogP contribution in [0, 0.1) is 11.8 Å². The number of nitrogens with zero attached hydrogens (tertiary/aromatic N) is 1. The number of hydrogen-bond donors (Lipinski definition) is 0. The summed E-state index contributed by atoms with van der Waals surface area (Å²) in [6.45, 7) is 0. The summed E-state index contributed by atoms with van der Waals surface area (Å²) >= 11 is 2.37. The third kappa shape index (κ3) is 4.42. The lowest BCUT2D eigenvalue weighted by molar-refractivity contribution is -0.330. The van der Waals surface area contributed by atoms with E-state index in [1.165, 1.54) is 11.3 Å². The lowest BCUT2D eigenvalue weighted by Gasteiger charge is -2.28. The van der Waals surface area contributed by atoms with Crippen molar-refractivity contribution >= 4 is 51.2 Å². The highest BCUT2D eigenvalue weighted by atomic mass is 32.2. The zero-order valence-electron chi connectivity index (χ0n) is 14.6. The van der Waals surface area contributed by atoms with Gasteiger partial charge in [0.2, 0.25) is 0 Å². The SMILES string of the molecule is O=C([O-])CC(C(=O)[O-])C(CSc1nc2ccccc2s1)C(=O)[O-].[H+].[H+].[H+]. The third-order valence-corrected chi connectivity index (χ3v) is 5.44. The lowest BCUT2D eigenvalue weighted by Crippen LogP contribution is -2.47. The molecule has 0 bridgehead atoms. The zero-order valence-corrected chi connectivity index (χ0v) is 13.2. The molecular formula is C14H13NO6S2. The second-order valence-corrected chi connectivity index (χ2v) is 6.98. The molecule has 0 aliphatic carbocycles. The molecule has 0 aliphatic rings. The first-order valence-corrected chi connectivity index (χ1v) is 8.28. The summed E-state index contributed by atoms with van der Waals surface area (Å²) in [6, 6.07) is 7.30. The number of carboxylic acids is 3. The van der Waals surface area contributed by atoms with Crippen molar-refractivity contribution in [3.05, 3.63) is 24.3 Å². The van der Waals surface area contributed by atoms with E-state index in [9.17, 15) is 29.7 Å². The number of benzene rings is 1. The lowest BCUT2D eigenvalue weighted by atomic mass is 9.91. The maximum absolute atomic E-state index is 11.2. The number of hydrogen-bond acceptors (Lipinski definition) is 9. The maximum Gasteiger partial charge on any atom is 1.00 e. The van der Waals surface area contributed by atoms with Crippen LogP contribution < -0.4 is 15.3 Å². The van der Waals surface area contributed by atoms with Crippen molar-refractivity contribution in [1.29, 1.82) is 0 Å². The van der Waals surface area contributed by atoms with Gasteiger partial charge in [-0.1, -0.05) is 23.9 Å². The molecule has 1 aromatic heterocycles. The molecule has 2 unspecified atom stereocenters. The summed E-state index contributed by atoms with van der Waals surface area (Å²) in [5.74, 6) is -8.48. The van der Waals surface area contributed by atoms with Crippen LogP contribution in [-0.4, -0.2) is 28.6 Å². The van der Waals surface area contributed by atoms with Crippen LogP contribution in [0.15, 0.2) is 28.6 Å². The van der Waals surface area contributed by atoms with Gasteiger partial charge in [0.15, 0.2) is 4.34 Å². The minimum Gasteiger partial charge on any atom is -0.550 e. The Morgan fingerprint density at radius 3 is 2.35 bits per heavy atom. The molecule has 0 radical (unpaired) electrons. The van der Waals surface area contributed by atoms with Gasteiger partial charge < -0.3 is 29.7 Å². The summed E-state index contributed by atoms with van der Waals surface area (Å²) in [7, 11) is 0. The molecule has 1 aromatic carbocycles. The smallest absolute Gasteiger partial charge is 0.550 e. The Labute approximate surface area is 143 Å². The van der Waals surface area contributed by atoms with Crippen molar-refractivity contribution in [2.45, 2.75) is 10.8 Å². The highest BCUT2D eigenvalue weighted by Gasteiger charge is 2.25. The molecule has 23 heavy (non-hydrogen) atoms. The van der Waals surface area contributed by atoms with Crippen LogP contribution in [-0.2, 0) is 14.4 Å². The second-order valence-electron chi connectivity index (χ2n) is 4.69. The number of fused-ring (bicyclic) bond motifs is 1. The van der Waals surface area contributed by atoms with Crippen LogP contribution >= 0.6 is 23.1 Å². The Kier molecular flexibility index (Phi) is 5.56. The predicted octanol–water partition coefficient (Wildman–Crippen LogP) is -1.40. The fourth-order valence-corrected chi connectivity index (χ4v) is 4.25. The number of carbonyl (C=O) groups excluding carboxylic acids is 3. The second kappa shape index (κ2) is 7.42. The third-order valence-electron chi connectivity index (χ3n) is 3.14. The molecule has 0 saturated carbocycles. The van der Waals surface area contributed by atoms with Crippen molar-refractivity contribution in [2.75, 3.05) is 5.75 Å². The largest absolute Gasteiger partial charge is 1.00 e. The van der Waals surface area contributed by atoms with Gasteiger partial charge in [0.05, 0.1) is 10.2 Å². The molecule has 0 fully saturated rings. The highest BCUT2D eigenvalue weighted by molar-refractivity contribution is 8.01. The van der Waals surface area contributed by atoms with Crippen molar-refractivity contribution < 1.29 is 34.0 Å². The Balaban J connectivity index is 0. The van der Waals surface area contributed by atoms with Gasteiger partial charge >= 0.3 is 4.28 Å². The monoisotopic (exact) mass is 355 g/mol. The molecule has 0 N–H and O–H groups in total. The Hall–Kier alpha value is -2.13. The Morgan fingerprint density at radius 1 is 1.13 bits per heavy atom. The molecule has 2 rings (SSSR count). The minimum atomic E-state index is -1.76. The summed E-state index contributed by atoms with van der Waals surface area (Å²) in [5, 5.41) is 32.8. The van der Waals surface area contributed by atoms with E-state index in [-0.39, 0.29) is 10.0 Å².